The maximum absolute atomic E-state index is 12.6. The molecule has 0 aliphatic carbocycles. The van der Waals surface area contributed by atoms with Crippen LogP contribution in [0.15, 0.2) is 30.3 Å². The van der Waals surface area contributed by atoms with Gasteiger partial charge in [0.05, 0.1) is 0 Å². The Labute approximate surface area is 146 Å². The number of benzene rings is 1. The summed E-state index contributed by atoms with van der Waals surface area (Å²) in [7, 11) is 1.73. The van der Waals surface area contributed by atoms with Crippen LogP contribution >= 0.6 is 0 Å². The van der Waals surface area contributed by atoms with Gasteiger partial charge in [0.25, 0.3) is 0 Å². The second kappa shape index (κ2) is 8.77. The zero-order chi connectivity index (χ0) is 16.8. The number of hydrogen-bond acceptors (Lipinski definition) is 3. The normalized spacial score (nSPS) is 27.1. The van der Waals surface area contributed by atoms with E-state index in [-0.39, 0.29) is 0 Å². The quantitative estimate of drug-likeness (QED) is 0.669. The lowest BCUT2D eigenvalue weighted by Crippen LogP contribution is -2.52. The summed E-state index contributed by atoms with van der Waals surface area (Å²) in [6.07, 6.45) is 8.72. The van der Waals surface area contributed by atoms with Crippen LogP contribution in [0.5, 0.6) is 0 Å². The summed E-state index contributed by atoms with van der Waals surface area (Å²) in [4.78, 5) is 15.3. The van der Waals surface area contributed by atoms with Crippen molar-refractivity contribution in [3.63, 3.8) is 0 Å². The monoisotopic (exact) mass is 329 g/mol. The summed E-state index contributed by atoms with van der Waals surface area (Å²) in [5.74, 6) is 0.803. The second-order valence-corrected chi connectivity index (χ2v) is 7.48. The van der Waals surface area contributed by atoms with Crippen molar-refractivity contribution in [3.8, 4) is 0 Å². The van der Waals surface area contributed by atoms with Crippen molar-refractivity contribution in [2.24, 2.45) is 5.92 Å². The third-order valence-electron chi connectivity index (χ3n) is 5.81. The first-order valence-electron chi connectivity index (χ1n) is 9.59. The molecule has 2 atom stereocenters. The highest BCUT2D eigenvalue weighted by Crippen LogP contribution is 2.38. The molecular formula is C21H31NO2. The molecule has 0 saturated carbocycles. The van der Waals surface area contributed by atoms with Crippen molar-refractivity contribution in [3.05, 3.63) is 35.9 Å². The topological polar surface area (TPSA) is 29.5 Å². The van der Waals surface area contributed by atoms with E-state index in [4.69, 9.17) is 4.74 Å². The molecule has 2 bridgehead atoms. The molecule has 0 spiro atoms. The number of ether oxygens (including phenoxy) is 1. The molecule has 24 heavy (non-hydrogen) atoms. The van der Waals surface area contributed by atoms with Crippen molar-refractivity contribution < 1.29 is 9.53 Å². The van der Waals surface area contributed by atoms with Crippen molar-refractivity contribution in [2.45, 2.75) is 70.0 Å². The van der Waals surface area contributed by atoms with Crippen LogP contribution < -0.4 is 0 Å². The lowest BCUT2D eigenvalue weighted by molar-refractivity contribution is -0.127. The van der Waals surface area contributed by atoms with E-state index in [1.54, 1.807) is 7.11 Å². The molecule has 0 aromatic heterocycles. The number of piperidine rings is 2. The zero-order valence-electron chi connectivity index (χ0n) is 15.0. The Morgan fingerprint density at radius 1 is 1.12 bits per heavy atom. The fraction of sp³-hybridized carbons (Fsp3) is 0.667. The molecule has 2 aliphatic heterocycles. The number of fused-ring (bicyclic) bond motifs is 2. The van der Waals surface area contributed by atoms with E-state index in [0.29, 0.717) is 23.8 Å². The average Bonchev–Trinajstić information content (AvgIpc) is 2.59. The Balaban J connectivity index is 1.56. The van der Waals surface area contributed by atoms with E-state index in [9.17, 15) is 4.79 Å². The van der Waals surface area contributed by atoms with Gasteiger partial charge in [-0.3, -0.25) is 9.69 Å². The van der Waals surface area contributed by atoms with Gasteiger partial charge in [0, 0.05) is 44.7 Å². The summed E-state index contributed by atoms with van der Waals surface area (Å²) >= 11 is 0. The average molecular weight is 329 g/mol. The van der Waals surface area contributed by atoms with Crippen LogP contribution in [0.3, 0.4) is 0 Å². The van der Waals surface area contributed by atoms with Gasteiger partial charge in [0.1, 0.15) is 5.78 Å². The molecule has 3 rings (SSSR count). The minimum absolute atomic E-state index is 0.301. The lowest BCUT2D eigenvalue weighted by atomic mass is 9.76. The van der Waals surface area contributed by atoms with E-state index in [2.05, 4.69) is 35.2 Å². The summed E-state index contributed by atoms with van der Waals surface area (Å²) in [6.45, 7) is 1.82. The van der Waals surface area contributed by atoms with Crippen LogP contribution in [0, 0.1) is 5.92 Å². The van der Waals surface area contributed by atoms with Gasteiger partial charge in [-0.25, -0.2) is 0 Å². The van der Waals surface area contributed by atoms with Crippen molar-refractivity contribution >= 4 is 5.78 Å². The van der Waals surface area contributed by atoms with Crippen LogP contribution in [0.25, 0.3) is 0 Å². The molecule has 1 aromatic rings. The van der Waals surface area contributed by atoms with Gasteiger partial charge in [-0.15, -0.1) is 0 Å². The molecule has 2 saturated heterocycles. The van der Waals surface area contributed by atoms with Crippen LogP contribution in [0.2, 0.25) is 0 Å². The summed E-state index contributed by atoms with van der Waals surface area (Å²) in [6, 6.07) is 12.0. The number of nitrogens with zero attached hydrogens (tertiary/aromatic N) is 1. The molecule has 2 heterocycles. The number of carbonyl (C=O) groups is 1. The molecule has 2 fully saturated rings. The highest BCUT2D eigenvalue weighted by atomic mass is 16.5. The highest BCUT2D eigenvalue weighted by molar-refractivity contribution is 5.81. The van der Waals surface area contributed by atoms with Gasteiger partial charge in [-0.1, -0.05) is 36.8 Å². The number of carbonyl (C=O) groups excluding carboxylic acids is 1. The molecule has 0 radical (unpaired) electrons. The first kappa shape index (κ1) is 17.6. The van der Waals surface area contributed by atoms with Crippen LogP contribution in [-0.4, -0.2) is 36.5 Å². The van der Waals surface area contributed by atoms with Crippen molar-refractivity contribution in [1.29, 1.82) is 0 Å². The Kier molecular flexibility index (Phi) is 6.44. The van der Waals surface area contributed by atoms with Crippen molar-refractivity contribution in [1.82, 2.24) is 4.90 Å². The first-order chi connectivity index (χ1) is 11.8. The highest BCUT2D eigenvalue weighted by Gasteiger charge is 2.40. The molecule has 0 amide bonds. The Bertz CT molecular complexity index is 502. The van der Waals surface area contributed by atoms with E-state index >= 15 is 0 Å². The number of rotatable bonds is 8. The predicted molar refractivity (Wildman–Crippen MR) is 96.9 cm³/mol. The van der Waals surface area contributed by atoms with Gasteiger partial charge in [-0.05, 0) is 44.1 Å². The Hall–Kier alpha value is -1.19. The van der Waals surface area contributed by atoms with Crippen LogP contribution in [0.1, 0.15) is 56.9 Å². The SMILES string of the molecule is COCCCCC(=O)C1CC2CCCC(C1)N2Cc1ccccc1. The van der Waals surface area contributed by atoms with E-state index in [0.717, 1.165) is 45.3 Å². The molecular weight excluding hydrogens is 298 g/mol. The van der Waals surface area contributed by atoms with Gasteiger partial charge < -0.3 is 4.74 Å². The summed E-state index contributed by atoms with van der Waals surface area (Å²) in [5.41, 5.74) is 1.40. The third-order valence-corrected chi connectivity index (χ3v) is 5.81. The standard InChI is InChI=1S/C21H31NO2/c1-24-13-6-5-12-21(23)18-14-19-10-7-11-20(15-18)22(19)16-17-8-3-2-4-9-17/h2-4,8-9,18-20H,5-7,10-16H2,1H3. The van der Waals surface area contributed by atoms with Gasteiger partial charge >= 0.3 is 0 Å². The van der Waals surface area contributed by atoms with E-state index in [1.807, 2.05) is 0 Å². The molecule has 0 N–H and O–H groups in total. The largest absolute Gasteiger partial charge is 0.385 e. The minimum atomic E-state index is 0.301. The zero-order valence-corrected chi connectivity index (χ0v) is 15.0. The van der Waals surface area contributed by atoms with Gasteiger partial charge in [0.2, 0.25) is 0 Å². The number of Topliss-reactive ketones (excluding diaryl/α,β-unsaturated/α-hetero) is 1. The maximum Gasteiger partial charge on any atom is 0.136 e. The molecule has 1 aromatic carbocycles. The van der Waals surface area contributed by atoms with Crippen LogP contribution in [-0.2, 0) is 16.1 Å². The maximum atomic E-state index is 12.6. The minimum Gasteiger partial charge on any atom is -0.385 e. The summed E-state index contributed by atoms with van der Waals surface area (Å²) in [5, 5.41) is 0. The van der Waals surface area contributed by atoms with Crippen LogP contribution in [0.4, 0.5) is 0 Å². The fourth-order valence-electron chi connectivity index (χ4n) is 4.54. The number of ketones is 1. The smallest absolute Gasteiger partial charge is 0.136 e. The van der Waals surface area contributed by atoms with Gasteiger partial charge in [0.15, 0.2) is 0 Å². The first-order valence-corrected chi connectivity index (χ1v) is 9.59. The summed E-state index contributed by atoms with van der Waals surface area (Å²) < 4.78 is 5.08. The number of unbranched alkanes of at least 4 members (excludes halogenated alkanes) is 1. The number of methoxy groups -OCH3 is 1. The Morgan fingerprint density at radius 3 is 2.50 bits per heavy atom. The van der Waals surface area contributed by atoms with E-state index in [1.165, 1.54) is 24.8 Å². The third kappa shape index (κ3) is 4.46. The lowest BCUT2D eigenvalue weighted by Gasteiger charge is -2.48. The number of hydrogen-bond donors (Lipinski definition) is 0. The molecule has 2 unspecified atom stereocenters. The second-order valence-electron chi connectivity index (χ2n) is 7.48. The van der Waals surface area contributed by atoms with E-state index < -0.39 is 0 Å². The molecule has 2 aliphatic rings. The fourth-order valence-corrected chi connectivity index (χ4v) is 4.54. The predicted octanol–water partition coefficient (Wildman–Crippen LogP) is 4.21. The van der Waals surface area contributed by atoms with Crippen molar-refractivity contribution in [2.75, 3.05) is 13.7 Å². The molecule has 132 valence electrons. The Morgan fingerprint density at radius 2 is 1.83 bits per heavy atom. The molecule has 3 nitrogen and oxygen atoms in total. The molecule has 3 heteroatoms. The van der Waals surface area contributed by atoms with Gasteiger partial charge in [-0.2, -0.15) is 0 Å².